The van der Waals surface area contributed by atoms with Crippen LogP contribution in [0.5, 0.6) is 11.5 Å². The number of carbonyl (C=O) groups excluding carboxylic acids is 1. The number of thiazole rings is 1. The minimum atomic E-state index is -0.161. The van der Waals surface area contributed by atoms with Crippen molar-refractivity contribution in [2.75, 3.05) is 19.0 Å². The molecule has 0 radical (unpaired) electrons. The van der Waals surface area contributed by atoms with Gasteiger partial charge in [0.15, 0.2) is 5.13 Å². The van der Waals surface area contributed by atoms with E-state index in [1.165, 1.54) is 11.3 Å². The summed E-state index contributed by atoms with van der Waals surface area (Å²) in [5, 5.41) is 7.42. The number of benzene rings is 2. The van der Waals surface area contributed by atoms with Crippen LogP contribution in [0.4, 0.5) is 5.13 Å². The Hall–Kier alpha value is -3.72. The van der Waals surface area contributed by atoms with E-state index in [1.807, 2.05) is 62.4 Å². The molecule has 0 saturated heterocycles. The molecule has 1 N–H and O–H groups in total. The van der Waals surface area contributed by atoms with Crippen molar-refractivity contribution in [3.05, 3.63) is 59.3 Å². The Morgan fingerprint density at radius 1 is 1.03 bits per heavy atom. The van der Waals surface area contributed by atoms with Gasteiger partial charge in [0.25, 0.3) is 0 Å². The molecular weight excluding hydrogens is 440 g/mol. The lowest BCUT2D eigenvalue weighted by molar-refractivity contribution is -0.116. The van der Waals surface area contributed by atoms with Crippen LogP contribution in [0.25, 0.3) is 22.6 Å². The summed E-state index contributed by atoms with van der Waals surface area (Å²) in [6.07, 6.45) is 0.548. The van der Waals surface area contributed by atoms with Gasteiger partial charge in [-0.05, 0) is 62.4 Å². The zero-order chi connectivity index (χ0) is 23.2. The van der Waals surface area contributed by atoms with E-state index in [0.29, 0.717) is 29.9 Å². The van der Waals surface area contributed by atoms with Gasteiger partial charge in [-0.2, -0.15) is 4.98 Å². The molecule has 2 aromatic carbocycles. The molecule has 0 unspecified atom stereocenters. The van der Waals surface area contributed by atoms with Crippen molar-refractivity contribution in [2.45, 2.75) is 26.7 Å². The van der Waals surface area contributed by atoms with E-state index in [9.17, 15) is 4.79 Å². The summed E-state index contributed by atoms with van der Waals surface area (Å²) in [5.41, 5.74) is 2.64. The Kier molecular flexibility index (Phi) is 6.99. The highest BCUT2D eigenvalue weighted by molar-refractivity contribution is 7.16. The normalized spacial score (nSPS) is 10.8. The number of nitrogens with one attached hydrogen (secondary N) is 1. The highest BCUT2D eigenvalue weighted by Crippen LogP contribution is 2.31. The molecule has 0 atom stereocenters. The van der Waals surface area contributed by atoms with Gasteiger partial charge in [-0.15, -0.1) is 11.3 Å². The lowest BCUT2D eigenvalue weighted by Gasteiger charge is -2.04. The smallest absolute Gasteiger partial charge is 0.227 e. The molecule has 0 saturated carbocycles. The molecule has 8 nitrogen and oxygen atoms in total. The molecule has 2 aromatic heterocycles. The van der Waals surface area contributed by atoms with Gasteiger partial charge in [0.2, 0.25) is 17.6 Å². The number of ether oxygens (including phenoxy) is 2. The minimum absolute atomic E-state index is 0.161. The minimum Gasteiger partial charge on any atom is -0.497 e. The number of amides is 1. The summed E-state index contributed by atoms with van der Waals surface area (Å²) < 4.78 is 15.9. The highest BCUT2D eigenvalue weighted by Gasteiger charge is 2.14. The fourth-order valence-corrected chi connectivity index (χ4v) is 4.06. The first-order valence-corrected chi connectivity index (χ1v) is 11.3. The topological polar surface area (TPSA) is 99.4 Å². The van der Waals surface area contributed by atoms with Crippen LogP contribution in [-0.2, 0) is 11.2 Å². The number of hydrogen-bond donors (Lipinski definition) is 1. The Labute approximate surface area is 195 Å². The number of aromatic nitrogens is 3. The first-order valence-electron chi connectivity index (χ1n) is 10.5. The first-order chi connectivity index (χ1) is 16.1. The second-order valence-electron chi connectivity index (χ2n) is 7.17. The maximum atomic E-state index is 12.4. The lowest BCUT2D eigenvalue weighted by Crippen LogP contribution is -2.12. The standard InChI is InChI=1S/C24H24N4O4S/c1-4-31-19-11-5-16(6-12-19)22-15(2)33-24(27-22)25-20(29)13-14-21-26-23(28-32-21)17-7-9-18(30-3)10-8-17/h5-12H,4,13-14H2,1-3H3,(H,25,27,29). The highest BCUT2D eigenvalue weighted by atomic mass is 32.1. The predicted octanol–water partition coefficient (Wildman–Crippen LogP) is 5.15. The summed E-state index contributed by atoms with van der Waals surface area (Å²) in [6.45, 7) is 4.56. The molecular formula is C24H24N4O4S. The van der Waals surface area contributed by atoms with Crippen LogP contribution in [0, 0.1) is 6.92 Å². The number of anilines is 1. The molecule has 9 heteroatoms. The third-order valence-electron chi connectivity index (χ3n) is 4.86. The van der Waals surface area contributed by atoms with Gasteiger partial charge in [0.05, 0.1) is 19.4 Å². The maximum absolute atomic E-state index is 12.4. The second kappa shape index (κ2) is 10.3. The number of hydrogen-bond acceptors (Lipinski definition) is 8. The van der Waals surface area contributed by atoms with Crippen molar-refractivity contribution in [1.29, 1.82) is 0 Å². The fourth-order valence-electron chi connectivity index (χ4n) is 3.21. The number of methoxy groups -OCH3 is 1. The molecule has 33 heavy (non-hydrogen) atoms. The Bertz CT molecular complexity index is 1220. The van der Waals surface area contributed by atoms with Crippen LogP contribution >= 0.6 is 11.3 Å². The Morgan fingerprint density at radius 3 is 2.42 bits per heavy atom. The number of nitrogens with zero attached hydrogens (tertiary/aromatic N) is 3. The monoisotopic (exact) mass is 464 g/mol. The zero-order valence-corrected chi connectivity index (χ0v) is 19.4. The quantitative estimate of drug-likeness (QED) is 0.366. The molecule has 170 valence electrons. The number of aryl methyl sites for hydroxylation is 2. The maximum Gasteiger partial charge on any atom is 0.227 e. The average Bonchev–Trinajstić information content (AvgIpc) is 3.45. The fraction of sp³-hybridized carbons (Fsp3) is 0.250. The van der Waals surface area contributed by atoms with E-state index in [-0.39, 0.29) is 12.3 Å². The van der Waals surface area contributed by atoms with Gasteiger partial charge in [-0.3, -0.25) is 4.79 Å². The molecule has 0 fully saturated rings. The summed E-state index contributed by atoms with van der Waals surface area (Å²) in [5.74, 6) is 2.29. The molecule has 1 amide bonds. The van der Waals surface area contributed by atoms with Crippen LogP contribution in [0.1, 0.15) is 24.1 Å². The number of carbonyl (C=O) groups is 1. The Balaban J connectivity index is 1.34. The van der Waals surface area contributed by atoms with Crippen LogP contribution in [0.2, 0.25) is 0 Å². The third-order valence-corrected chi connectivity index (χ3v) is 5.75. The van der Waals surface area contributed by atoms with E-state index in [4.69, 9.17) is 14.0 Å². The largest absolute Gasteiger partial charge is 0.497 e. The molecule has 0 aliphatic rings. The predicted molar refractivity (Wildman–Crippen MR) is 127 cm³/mol. The van der Waals surface area contributed by atoms with Crippen LogP contribution < -0.4 is 14.8 Å². The summed E-state index contributed by atoms with van der Waals surface area (Å²) in [7, 11) is 1.61. The number of rotatable bonds is 9. The first kappa shape index (κ1) is 22.5. The molecule has 0 aliphatic carbocycles. The second-order valence-corrected chi connectivity index (χ2v) is 8.37. The van der Waals surface area contributed by atoms with Crippen molar-refractivity contribution in [1.82, 2.24) is 15.1 Å². The van der Waals surface area contributed by atoms with E-state index in [1.54, 1.807) is 7.11 Å². The molecule has 0 bridgehead atoms. The SMILES string of the molecule is CCOc1ccc(-c2nc(NC(=O)CCc3nc(-c4ccc(OC)cc4)no3)sc2C)cc1. The third kappa shape index (κ3) is 5.56. The Morgan fingerprint density at radius 2 is 1.73 bits per heavy atom. The van der Waals surface area contributed by atoms with Gasteiger partial charge < -0.3 is 19.3 Å². The van der Waals surface area contributed by atoms with Crippen molar-refractivity contribution in [3.8, 4) is 34.1 Å². The summed E-state index contributed by atoms with van der Waals surface area (Å²) >= 11 is 1.44. The van der Waals surface area contributed by atoms with Crippen LogP contribution in [0.15, 0.2) is 53.1 Å². The molecule has 4 rings (SSSR count). The van der Waals surface area contributed by atoms with Crippen LogP contribution in [-0.4, -0.2) is 34.7 Å². The average molecular weight is 465 g/mol. The van der Waals surface area contributed by atoms with Gasteiger partial charge in [-0.1, -0.05) is 5.16 Å². The van der Waals surface area contributed by atoms with Gasteiger partial charge in [-0.25, -0.2) is 4.98 Å². The van der Waals surface area contributed by atoms with Crippen LogP contribution in [0.3, 0.4) is 0 Å². The van der Waals surface area contributed by atoms with E-state index in [2.05, 4.69) is 20.4 Å². The van der Waals surface area contributed by atoms with E-state index >= 15 is 0 Å². The van der Waals surface area contributed by atoms with Gasteiger partial charge in [0.1, 0.15) is 11.5 Å². The van der Waals surface area contributed by atoms with E-state index in [0.717, 1.165) is 33.2 Å². The lowest BCUT2D eigenvalue weighted by atomic mass is 10.1. The van der Waals surface area contributed by atoms with Crippen molar-refractivity contribution >= 4 is 22.4 Å². The molecule has 4 aromatic rings. The van der Waals surface area contributed by atoms with E-state index < -0.39 is 0 Å². The molecule has 0 aliphatic heterocycles. The van der Waals surface area contributed by atoms with Crippen molar-refractivity contribution < 1.29 is 18.8 Å². The zero-order valence-electron chi connectivity index (χ0n) is 18.6. The van der Waals surface area contributed by atoms with Crippen molar-refractivity contribution in [2.24, 2.45) is 0 Å². The van der Waals surface area contributed by atoms with Crippen molar-refractivity contribution in [3.63, 3.8) is 0 Å². The molecule has 0 spiro atoms. The van der Waals surface area contributed by atoms with Gasteiger partial charge >= 0.3 is 0 Å². The molecule has 2 heterocycles. The summed E-state index contributed by atoms with van der Waals surface area (Å²) in [4.78, 5) is 22.4. The van der Waals surface area contributed by atoms with Gasteiger partial charge in [0, 0.05) is 28.8 Å². The summed E-state index contributed by atoms with van der Waals surface area (Å²) in [6, 6.07) is 15.1.